The summed E-state index contributed by atoms with van der Waals surface area (Å²) in [6.45, 7) is 3.67. The first-order valence-corrected chi connectivity index (χ1v) is 6.08. The summed E-state index contributed by atoms with van der Waals surface area (Å²) in [4.78, 5) is 4.20. The minimum atomic E-state index is 0.740. The van der Waals surface area contributed by atoms with E-state index in [0.717, 1.165) is 30.7 Å². The zero-order chi connectivity index (χ0) is 11.7. The molecule has 0 aromatic carbocycles. The number of aryl methyl sites for hydroxylation is 1. The molecule has 2 aromatic rings. The van der Waals surface area contributed by atoms with Gasteiger partial charge in [0.15, 0.2) is 0 Å². The van der Waals surface area contributed by atoms with Gasteiger partial charge in [0.25, 0.3) is 0 Å². The van der Waals surface area contributed by atoms with Crippen LogP contribution in [0.2, 0.25) is 0 Å². The van der Waals surface area contributed by atoms with Gasteiger partial charge >= 0.3 is 0 Å². The van der Waals surface area contributed by atoms with Crippen molar-refractivity contribution >= 4 is 0 Å². The number of nitrogens with one attached hydrogen (secondary N) is 1. The average molecular weight is 231 g/mol. The first-order chi connectivity index (χ1) is 8.31. The number of furan rings is 1. The number of rotatable bonds is 5. The van der Waals surface area contributed by atoms with Gasteiger partial charge in [-0.05, 0) is 25.8 Å². The lowest BCUT2D eigenvalue weighted by Gasteiger charge is -2.00. The van der Waals surface area contributed by atoms with Crippen LogP contribution in [0.1, 0.15) is 30.0 Å². The Hall–Kier alpha value is -1.55. The average Bonchev–Trinajstić information content (AvgIpc) is 2.92. The number of imidazole rings is 1. The summed E-state index contributed by atoms with van der Waals surface area (Å²) in [6, 6.07) is 2.86. The van der Waals surface area contributed by atoms with Gasteiger partial charge < -0.3 is 14.3 Å². The van der Waals surface area contributed by atoms with Crippen molar-refractivity contribution in [2.75, 3.05) is 0 Å². The van der Waals surface area contributed by atoms with E-state index in [-0.39, 0.29) is 0 Å². The molecule has 0 amide bonds. The normalized spacial score (nSPS) is 15.4. The molecule has 1 fully saturated rings. The molecule has 2 heterocycles. The van der Waals surface area contributed by atoms with Crippen LogP contribution in [0, 0.1) is 6.92 Å². The Kier molecular flexibility index (Phi) is 2.73. The summed E-state index contributed by atoms with van der Waals surface area (Å²) >= 11 is 0. The van der Waals surface area contributed by atoms with Crippen LogP contribution in [0.3, 0.4) is 0 Å². The molecule has 1 saturated carbocycles. The Balaban J connectivity index is 1.61. The van der Waals surface area contributed by atoms with Crippen molar-refractivity contribution in [3.05, 3.63) is 41.9 Å². The molecule has 0 unspecified atom stereocenters. The van der Waals surface area contributed by atoms with Gasteiger partial charge in [-0.3, -0.25) is 0 Å². The number of hydrogen-bond acceptors (Lipinski definition) is 3. The molecule has 1 aliphatic carbocycles. The highest BCUT2D eigenvalue weighted by molar-refractivity contribution is 5.14. The van der Waals surface area contributed by atoms with Crippen LogP contribution >= 0.6 is 0 Å². The fourth-order valence-electron chi connectivity index (χ4n) is 1.89. The van der Waals surface area contributed by atoms with E-state index in [9.17, 15) is 0 Å². The maximum Gasteiger partial charge on any atom is 0.123 e. The monoisotopic (exact) mass is 231 g/mol. The zero-order valence-corrected chi connectivity index (χ0v) is 10.0. The first kappa shape index (κ1) is 10.6. The van der Waals surface area contributed by atoms with Gasteiger partial charge in [0, 0.05) is 30.5 Å². The van der Waals surface area contributed by atoms with Crippen molar-refractivity contribution in [2.24, 2.45) is 0 Å². The highest BCUT2D eigenvalue weighted by Crippen LogP contribution is 2.19. The largest absolute Gasteiger partial charge is 0.467 e. The van der Waals surface area contributed by atoms with E-state index in [2.05, 4.69) is 20.9 Å². The van der Waals surface area contributed by atoms with Crippen LogP contribution in [-0.4, -0.2) is 15.6 Å². The van der Waals surface area contributed by atoms with Crippen molar-refractivity contribution in [3.63, 3.8) is 0 Å². The third-order valence-electron chi connectivity index (χ3n) is 3.13. The molecule has 1 N–H and O–H groups in total. The molecule has 3 rings (SSSR count). The van der Waals surface area contributed by atoms with E-state index in [1.807, 2.05) is 25.6 Å². The summed E-state index contributed by atoms with van der Waals surface area (Å²) in [5.41, 5.74) is 1.23. The van der Waals surface area contributed by atoms with E-state index < -0.39 is 0 Å². The molecule has 0 spiro atoms. The lowest BCUT2D eigenvalue weighted by atomic mass is 10.3. The smallest absolute Gasteiger partial charge is 0.123 e. The van der Waals surface area contributed by atoms with Crippen molar-refractivity contribution in [1.82, 2.24) is 14.9 Å². The third kappa shape index (κ3) is 2.58. The van der Waals surface area contributed by atoms with Crippen LogP contribution in [0.25, 0.3) is 0 Å². The van der Waals surface area contributed by atoms with Gasteiger partial charge in [0.05, 0.1) is 12.8 Å². The standard InChI is InChI=1S/C13H17N3O/c1-10-14-4-5-16(10)8-13-6-11(9-17-13)7-15-12-2-3-12/h4-6,9,12,15H,2-3,7-8H2,1H3. The summed E-state index contributed by atoms with van der Waals surface area (Å²) in [7, 11) is 0. The topological polar surface area (TPSA) is 43.0 Å². The Morgan fingerprint density at radius 1 is 1.53 bits per heavy atom. The fourth-order valence-corrected chi connectivity index (χ4v) is 1.89. The number of hydrogen-bond donors (Lipinski definition) is 1. The Labute approximate surface area is 101 Å². The highest BCUT2D eigenvalue weighted by Gasteiger charge is 2.20. The van der Waals surface area contributed by atoms with E-state index in [1.54, 1.807) is 0 Å². The van der Waals surface area contributed by atoms with Crippen molar-refractivity contribution in [1.29, 1.82) is 0 Å². The molecule has 0 aliphatic heterocycles. The van der Waals surface area contributed by atoms with Crippen molar-refractivity contribution in [3.8, 4) is 0 Å². The van der Waals surface area contributed by atoms with Crippen molar-refractivity contribution in [2.45, 2.75) is 38.9 Å². The molecular formula is C13H17N3O. The fraction of sp³-hybridized carbons (Fsp3) is 0.462. The minimum Gasteiger partial charge on any atom is -0.467 e. The molecule has 1 aliphatic rings. The summed E-state index contributed by atoms with van der Waals surface area (Å²) < 4.78 is 7.64. The van der Waals surface area contributed by atoms with E-state index in [0.29, 0.717) is 0 Å². The number of aromatic nitrogens is 2. The molecule has 17 heavy (non-hydrogen) atoms. The molecular weight excluding hydrogens is 214 g/mol. The molecule has 0 atom stereocenters. The van der Waals surface area contributed by atoms with Crippen LogP contribution < -0.4 is 5.32 Å². The predicted molar refractivity (Wildman–Crippen MR) is 64.6 cm³/mol. The first-order valence-electron chi connectivity index (χ1n) is 6.08. The lowest BCUT2D eigenvalue weighted by Crippen LogP contribution is -2.14. The zero-order valence-electron chi connectivity index (χ0n) is 10.0. The third-order valence-corrected chi connectivity index (χ3v) is 3.13. The minimum absolute atomic E-state index is 0.740. The second kappa shape index (κ2) is 4.37. The molecule has 2 aromatic heterocycles. The molecule has 4 nitrogen and oxygen atoms in total. The van der Waals surface area contributed by atoms with Crippen LogP contribution in [-0.2, 0) is 13.1 Å². The SMILES string of the molecule is Cc1nccn1Cc1cc(CNC2CC2)co1. The maximum atomic E-state index is 5.56. The van der Waals surface area contributed by atoms with Gasteiger partial charge in [-0.1, -0.05) is 0 Å². The highest BCUT2D eigenvalue weighted by atomic mass is 16.3. The molecule has 0 bridgehead atoms. The summed E-state index contributed by atoms with van der Waals surface area (Å²) in [5.74, 6) is 2.00. The molecule has 0 saturated heterocycles. The van der Waals surface area contributed by atoms with Crippen LogP contribution in [0.4, 0.5) is 0 Å². The van der Waals surface area contributed by atoms with E-state index >= 15 is 0 Å². The second-order valence-corrected chi connectivity index (χ2v) is 4.68. The Morgan fingerprint density at radius 3 is 3.12 bits per heavy atom. The van der Waals surface area contributed by atoms with Gasteiger partial charge in [0.2, 0.25) is 0 Å². The molecule has 90 valence electrons. The summed E-state index contributed by atoms with van der Waals surface area (Å²) in [6.07, 6.45) is 8.27. The van der Waals surface area contributed by atoms with Crippen molar-refractivity contribution < 1.29 is 4.42 Å². The van der Waals surface area contributed by atoms with Crippen LogP contribution in [0.5, 0.6) is 0 Å². The maximum absolute atomic E-state index is 5.56. The quantitative estimate of drug-likeness (QED) is 0.856. The Bertz CT molecular complexity index is 496. The van der Waals surface area contributed by atoms with E-state index in [4.69, 9.17) is 4.42 Å². The Morgan fingerprint density at radius 2 is 2.41 bits per heavy atom. The molecule has 4 heteroatoms. The van der Waals surface area contributed by atoms with E-state index in [1.165, 1.54) is 18.4 Å². The van der Waals surface area contributed by atoms with Gasteiger partial charge in [-0.2, -0.15) is 0 Å². The summed E-state index contributed by atoms with van der Waals surface area (Å²) in [5, 5.41) is 3.48. The van der Waals surface area contributed by atoms with Gasteiger partial charge in [0.1, 0.15) is 11.6 Å². The predicted octanol–water partition coefficient (Wildman–Crippen LogP) is 2.08. The lowest BCUT2D eigenvalue weighted by molar-refractivity contribution is 0.488. The van der Waals surface area contributed by atoms with Crippen LogP contribution in [0.15, 0.2) is 29.1 Å². The van der Waals surface area contributed by atoms with Gasteiger partial charge in [-0.25, -0.2) is 4.98 Å². The number of nitrogens with zero attached hydrogens (tertiary/aromatic N) is 2. The molecule has 0 radical (unpaired) electrons. The van der Waals surface area contributed by atoms with Gasteiger partial charge in [-0.15, -0.1) is 0 Å². The second-order valence-electron chi connectivity index (χ2n) is 4.68.